The molecule has 7 heteroatoms. The molecule has 0 aliphatic heterocycles. The van der Waals surface area contributed by atoms with E-state index in [1.54, 1.807) is 6.92 Å². The van der Waals surface area contributed by atoms with Crippen LogP contribution in [0.25, 0.3) is 0 Å². The summed E-state index contributed by atoms with van der Waals surface area (Å²) < 4.78 is 25.6. The van der Waals surface area contributed by atoms with E-state index >= 15 is 0 Å². The lowest BCUT2D eigenvalue weighted by molar-refractivity contribution is -0.139. The van der Waals surface area contributed by atoms with Gasteiger partial charge in [-0.15, -0.1) is 0 Å². The van der Waals surface area contributed by atoms with Crippen molar-refractivity contribution in [1.82, 2.24) is 5.32 Å². The Bertz CT molecular complexity index is 480. The Kier molecular flexibility index (Phi) is 5.23. The van der Waals surface area contributed by atoms with Crippen molar-refractivity contribution in [2.75, 3.05) is 5.32 Å². The highest BCUT2D eigenvalue weighted by molar-refractivity contribution is 5.92. The smallest absolute Gasteiger partial charge is 0.326 e. The lowest BCUT2D eigenvalue weighted by atomic mass is 10.2. The fourth-order valence-corrected chi connectivity index (χ4v) is 1.45. The molecule has 1 atom stereocenters. The summed E-state index contributed by atoms with van der Waals surface area (Å²) >= 11 is 0. The summed E-state index contributed by atoms with van der Waals surface area (Å²) in [5.74, 6) is -3.27. The molecule has 0 aromatic heterocycles. The second kappa shape index (κ2) is 6.67. The molecule has 0 heterocycles. The molecule has 104 valence electrons. The van der Waals surface area contributed by atoms with Gasteiger partial charge in [0.2, 0.25) is 0 Å². The number of hydrogen-bond acceptors (Lipinski definition) is 2. The van der Waals surface area contributed by atoms with E-state index in [0.29, 0.717) is 6.42 Å². The summed E-state index contributed by atoms with van der Waals surface area (Å²) in [6, 6.07) is 1.05. The third-order valence-electron chi connectivity index (χ3n) is 2.36. The first-order valence-electron chi connectivity index (χ1n) is 5.69. The summed E-state index contributed by atoms with van der Waals surface area (Å²) in [7, 11) is 0. The van der Waals surface area contributed by atoms with Crippen LogP contribution in [0.1, 0.15) is 19.8 Å². The van der Waals surface area contributed by atoms with E-state index in [-0.39, 0.29) is 12.1 Å². The molecule has 1 rings (SSSR count). The van der Waals surface area contributed by atoms with E-state index in [4.69, 9.17) is 5.11 Å². The SMILES string of the molecule is CCC[C@H](NC(=O)Nc1ccc(F)c(F)c1)C(=O)O. The minimum absolute atomic E-state index is 0.0389. The van der Waals surface area contributed by atoms with Gasteiger partial charge in [0.1, 0.15) is 6.04 Å². The molecular formula is C12H14F2N2O3. The van der Waals surface area contributed by atoms with Crippen molar-refractivity contribution in [3.05, 3.63) is 29.8 Å². The topological polar surface area (TPSA) is 78.4 Å². The van der Waals surface area contributed by atoms with Gasteiger partial charge in [-0.2, -0.15) is 0 Å². The van der Waals surface area contributed by atoms with Gasteiger partial charge in [0.25, 0.3) is 0 Å². The van der Waals surface area contributed by atoms with Gasteiger partial charge in [-0.1, -0.05) is 13.3 Å². The molecule has 0 bridgehead atoms. The standard InChI is InChI=1S/C12H14F2N2O3/c1-2-3-10(11(17)18)16-12(19)15-7-4-5-8(13)9(14)6-7/h4-6,10H,2-3H2,1H3,(H,17,18)(H2,15,16,19)/t10-/m0/s1. The molecule has 19 heavy (non-hydrogen) atoms. The zero-order valence-corrected chi connectivity index (χ0v) is 10.2. The summed E-state index contributed by atoms with van der Waals surface area (Å²) in [5, 5.41) is 13.3. The summed E-state index contributed by atoms with van der Waals surface area (Å²) in [6.45, 7) is 1.78. The second-order valence-corrected chi connectivity index (χ2v) is 3.91. The molecule has 0 saturated heterocycles. The molecule has 2 amide bonds. The summed E-state index contributed by atoms with van der Waals surface area (Å²) in [5.41, 5.74) is 0.0389. The van der Waals surface area contributed by atoms with Gasteiger partial charge in [-0.05, 0) is 18.6 Å². The highest BCUT2D eigenvalue weighted by Crippen LogP contribution is 2.12. The fraction of sp³-hybridized carbons (Fsp3) is 0.333. The van der Waals surface area contributed by atoms with Crippen molar-refractivity contribution >= 4 is 17.7 Å². The van der Waals surface area contributed by atoms with E-state index in [9.17, 15) is 18.4 Å². The first-order valence-corrected chi connectivity index (χ1v) is 5.69. The number of anilines is 1. The molecule has 0 fully saturated rings. The number of nitrogens with one attached hydrogen (secondary N) is 2. The first kappa shape index (κ1) is 14.9. The van der Waals surface area contributed by atoms with Crippen LogP contribution in [0.5, 0.6) is 0 Å². The Morgan fingerprint density at radius 1 is 1.32 bits per heavy atom. The van der Waals surface area contributed by atoms with Crippen molar-refractivity contribution in [2.24, 2.45) is 0 Å². The Labute approximate surface area is 108 Å². The van der Waals surface area contributed by atoms with Crippen molar-refractivity contribution in [1.29, 1.82) is 0 Å². The maximum atomic E-state index is 12.9. The summed E-state index contributed by atoms with van der Waals surface area (Å²) in [4.78, 5) is 22.3. The first-order chi connectivity index (χ1) is 8.93. The van der Waals surface area contributed by atoms with Gasteiger partial charge in [0, 0.05) is 11.8 Å². The van der Waals surface area contributed by atoms with Gasteiger partial charge >= 0.3 is 12.0 Å². The maximum absolute atomic E-state index is 12.9. The fourth-order valence-electron chi connectivity index (χ4n) is 1.45. The number of rotatable bonds is 5. The van der Waals surface area contributed by atoms with Gasteiger partial charge in [-0.25, -0.2) is 18.4 Å². The molecule has 1 aromatic rings. The number of halogens is 2. The number of aliphatic carboxylic acids is 1. The van der Waals surface area contributed by atoms with E-state index < -0.39 is 29.7 Å². The molecule has 5 nitrogen and oxygen atoms in total. The van der Waals surface area contributed by atoms with Crippen molar-refractivity contribution in [3.8, 4) is 0 Å². The number of carbonyl (C=O) groups is 2. The number of urea groups is 1. The lowest BCUT2D eigenvalue weighted by Gasteiger charge is -2.14. The molecule has 1 aromatic carbocycles. The minimum atomic E-state index is -1.15. The quantitative estimate of drug-likeness (QED) is 0.769. The average molecular weight is 272 g/mol. The van der Waals surface area contributed by atoms with Gasteiger partial charge < -0.3 is 15.7 Å². The van der Waals surface area contributed by atoms with Crippen LogP contribution in [0.15, 0.2) is 18.2 Å². The normalized spacial score (nSPS) is 11.7. The van der Waals surface area contributed by atoms with Gasteiger partial charge in [0.05, 0.1) is 0 Å². The maximum Gasteiger partial charge on any atom is 0.326 e. The minimum Gasteiger partial charge on any atom is -0.480 e. The monoisotopic (exact) mass is 272 g/mol. The number of benzene rings is 1. The Balaban J connectivity index is 2.63. The predicted molar refractivity (Wildman–Crippen MR) is 64.8 cm³/mol. The van der Waals surface area contributed by atoms with Crippen LogP contribution in [0.2, 0.25) is 0 Å². The average Bonchev–Trinajstić information content (AvgIpc) is 2.33. The van der Waals surface area contributed by atoms with Crippen molar-refractivity contribution in [2.45, 2.75) is 25.8 Å². The van der Waals surface area contributed by atoms with E-state index in [0.717, 1.165) is 12.1 Å². The molecule has 0 aliphatic carbocycles. The third-order valence-corrected chi connectivity index (χ3v) is 2.36. The van der Waals surface area contributed by atoms with Gasteiger partial charge in [0.15, 0.2) is 11.6 Å². The zero-order chi connectivity index (χ0) is 14.4. The van der Waals surface area contributed by atoms with E-state index in [2.05, 4.69) is 10.6 Å². The molecule has 0 saturated carbocycles. The highest BCUT2D eigenvalue weighted by Gasteiger charge is 2.18. The van der Waals surface area contributed by atoms with Crippen LogP contribution in [0.4, 0.5) is 19.3 Å². The zero-order valence-electron chi connectivity index (χ0n) is 10.2. The Morgan fingerprint density at radius 2 is 2.00 bits per heavy atom. The largest absolute Gasteiger partial charge is 0.480 e. The van der Waals surface area contributed by atoms with Crippen LogP contribution in [-0.2, 0) is 4.79 Å². The van der Waals surface area contributed by atoms with E-state index in [1.165, 1.54) is 6.07 Å². The molecule has 0 spiro atoms. The van der Waals surface area contributed by atoms with Gasteiger partial charge in [-0.3, -0.25) is 0 Å². The van der Waals surface area contributed by atoms with Crippen molar-refractivity contribution < 1.29 is 23.5 Å². The molecular weight excluding hydrogens is 258 g/mol. The predicted octanol–water partition coefficient (Wildman–Crippen LogP) is 2.34. The molecule has 0 radical (unpaired) electrons. The van der Waals surface area contributed by atoms with Crippen LogP contribution >= 0.6 is 0 Å². The molecule has 0 unspecified atom stereocenters. The Hall–Kier alpha value is -2.18. The van der Waals surface area contributed by atoms with Crippen molar-refractivity contribution in [3.63, 3.8) is 0 Å². The number of carboxylic acids is 1. The second-order valence-electron chi connectivity index (χ2n) is 3.91. The van der Waals surface area contributed by atoms with Crippen LogP contribution < -0.4 is 10.6 Å². The molecule has 0 aliphatic rings. The number of carbonyl (C=O) groups excluding carboxylic acids is 1. The molecule has 3 N–H and O–H groups in total. The Morgan fingerprint density at radius 3 is 2.53 bits per heavy atom. The van der Waals surface area contributed by atoms with Crippen LogP contribution in [0.3, 0.4) is 0 Å². The van der Waals surface area contributed by atoms with Crippen LogP contribution in [0, 0.1) is 11.6 Å². The van der Waals surface area contributed by atoms with Crippen LogP contribution in [-0.4, -0.2) is 23.1 Å². The lowest BCUT2D eigenvalue weighted by Crippen LogP contribution is -2.42. The third kappa shape index (κ3) is 4.53. The van der Waals surface area contributed by atoms with E-state index in [1.807, 2.05) is 0 Å². The summed E-state index contributed by atoms with van der Waals surface area (Å²) in [6.07, 6.45) is 0.864. The highest BCUT2D eigenvalue weighted by atomic mass is 19.2. The number of carboxylic acid groups (broad SMARTS) is 1. The number of hydrogen-bond donors (Lipinski definition) is 3. The number of amides is 2.